The second kappa shape index (κ2) is 11.2. The van der Waals surface area contributed by atoms with E-state index in [2.05, 4.69) is 10.6 Å². The molecule has 4 rings (SSSR count). The van der Waals surface area contributed by atoms with Gasteiger partial charge in [-0.1, -0.05) is 36.4 Å². The molecule has 38 heavy (non-hydrogen) atoms. The van der Waals surface area contributed by atoms with Crippen molar-refractivity contribution in [2.24, 2.45) is 0 Å². The summed E-state index contributed by atoms with van der Waals surface area (Å²) in [5.41, 5.74) is 11.4. The van der Waals surface area contributed by atoms with Gasteiger partial charge in [-0.05, 0) is 50.0 Å². The molecule has 3 aromatic carbocycles. The zero-order chi connectivity index (χ0) is 27.4. The van der Waals surface area contributed by atoms with Crippen molar-refractivity contribution in [3.8, 4) is 0 Å². The number of anilines is 4. The summed E-state index contributed by atoms with van der Waals surface area (Å²) in [5.74, 6) is -0.886. The van der Waals surface area contributed by atoms with E-state index in [1.807, 2.05) is 55.4 Å². The predicted molar refractivity (Wildman–Crippen MR) is 151 cm³/mol. The molecule has 9 heteroatoms. The smallest absolute Gasteiger partial charge is 0.337 e. The number of nitrogens with zero attached hydrogens (tertiary/aromatic N) is 2. The fourth-order valence-corrected chi connectivity index (χ4v) is 4.32. The van der Waals surface area contributed by atoms with Crippen LogP contribution >= 0.6 is 0 Å². The lowest BCUT2D eigenvalue weighted by Crippen LogP contribution is -2.35. The quantitative estimate of drug-likeness (QED) is 0.238. The Hall–Kier alpha value is -4.63. The van der Waals surface area contributed by atoms with E-state index >= 15 is 0 Å². The third-order valence-corrected chi connectivity index (χ3v) is 6.24. The highest BCUT2D eigenvalue weighted by atomic mass is 16.5. The van der Waals surface area contributed by atoms with Crippen LogP contribution < -0.4 is 21.3 Å². The molecule has 0 aliphatic carbocycles. The molecule has 9 nitrogen and oxygen atoms in total. The average molecular weight is 514 g/mol. The number of carbonyl (C=O) groups is 3. The Morgan fingerprint density at radius 2 is 1.71 bits per heavy atom. The van der Waals surface area contributed by atoms with Crippen LogP contribution in [0.3, 0.4) is 0 Å². The van der Waals surface area contributed by atoms with E-state index in [0.717, 1.165) is 5.56 Å². The van der Waals surface area contributed by atoms with Gasteiger partial charge in [-0.3, -0.25) is 9.59 Å². The van der Waals surface area contributed by atoms with Crippen molar-refractivity contribution < 1.29 is 19.1 Å². The molecule has 0 fully saturated rings. The summed E-state index contributed by atoms with van der Waals surface area (Å²) in [5, 5.41) is 6.24. The Balaban J connectivity index is 1.76. The third kappa shape index (κ3) is 5.52. The summed E-state index contributed by atoms with van der Waals surface area (Å²) in [4.78, 5) is 41.2. The summed E-state index contributed by atoms with van der Waals surface area (Å²) in [6, 6.07) is 19.8. The lowest BCUT2D eigenvalue weighted by atomic mass is 9.99. The maximum atomic E-state index is 13.2. The number of hydrogen-bond donors (Lipinski definition) is 3. The standard InChI is InChI=1S/C29H31N5O4/c1-18(35)34(15-14-33(2)3)25-13-11-21(17-23(25)30)31-27(19-8-6-5-7-9-19)26-22-12-10-20(29(37)38-4)16-24(22)32-28(26)36/h5-13,16-17,31H,14-15,30H2,1-4H3,(H,32,36)/b27-26-. The van der Waals surface area contributed by atoms with Crippen LogP contribution in [0.4, 0.5) is 22.7 Å². The van der Waals surface area contributed by atoms with Crippen molar-refractivity contribution >= 4 is 51.8 Å². The zero-order valence-electron chi connectivity index (χ0n) is 21.9. The number of methoxy groups -OCH3 is 1. The molecular formula is C29H31N5O4. The SMILES string of the molecule is COC(=O)c1ccc2c(c1)NC(=O)/C2=C(\Nc1ccc(N(CCN(C)C)C(C)=O)c(N)c1)c1ccccc1. The number of likely N-dealkylation sites (N-methyl/N-ethyl adjacent to an activating group) is 1. The van der Waals surface area contributed by atoms with Crippen molar-refractivity contribution in [1.29, 1.82) is 0 Å². The number of nitrogens with one attached hydrogen (secondary N) is 2. The Labute approximate surface area is 221 Å². The van der Waals surface area contributed by atoms with E-state index in [0.29, 0.717) is 58.2 Å². The van der Waals surface area contributed by atoms with Crippen LogP contribution in [0.2, 0.25) is 0 Å². The predicted octanol–water partition coefficient (Wildman–Crippen LogP) is 3.90. The van der Waals surface area contributed by atoms with Gasteiger partial charge in [0, 0.05) is 31.3 Å². The molecule has 196 valence electrons. The Bertz CT molecular complexity index is 1420. The number of nitrogens with two attached hydrogens (primary N) is 1. The number of rotatable bonds is 8. The van der Waals surface area contributed by atoms with E-state index < -0.39 is 5.97 Å². The fraction of sp³-hybridized carbons (Fsp3) is 0.207. The van der Waals surface area contributed by atoms with Gasteiger partial charge >= 0.3 is 5.97 Å². The van der Waals surface area contributed by atoms with Crippen LogP contribution in [-0.4, -0.2) is 57.0 Å². The number of hydrogen-bond acceptors (Lipinski definition) is 7. The zero-order valence-corrected chi connectivity index (χ0v) is 21.9. The lowest BCUT2D eigenvalue weighted by molar-refractivity contribution is -0.116. The van der Waals surface area contributed by atoms with Crippen LogP contribution in [0.25, 0.3) is 11.3 Å². The molecule has 0 saturated carbocycles. The number of amides is 2. The van der Waals surface area contributed by atoms with E-state index in [1.54, 1.807) is 35.2 Å². The second-order valence-electron chi connectivity index (χ2n) is 9.19. The van der Waals surface area contributed by atoms with Gasteiger partial charge in [0.15, 0.2) is 0 Å². The number of esters is 1. The first kappa shape index (κ1) is 26.4. The first-order valence-corrected chi connectivity index (χ1v) is 12.1. The molecule has 0 unspecified atom stereocenters. The fourth-order valence-electron chi connectivity index (χ4n) is 4.32. The molecule has 0 spiro atoms. The van der Waals surface area contributed by atoms with Crippen molar-refractivity contribution in [2.75, 3.05) is 55.6 Å². The Morgan fingerprint density at radius 3 is 2.34 bits per heavy atom. The molecule has 1 aliphatic rings. The first-order valence-electron chi connectivity index (χ1n) is 12.1. The molecule has 0 bridgehead atoms. The minimum atomic E-state index is -0.485. The summed E-state index contributed by atoms with van der Waals surface area (Å²) in [7, 11) is 5.20. The van der Waals surface area contributed by atoms with Crippen molar-refractivity contribution in [1.82, 2.24) is 4.90 Å². The van der Waals surface area contributed by atoms with Crippen LogP contribution in [0.1, 0.15) is 28.4 Å². The normalized spacial score (nSPS) is 13.6. The van der Waals surface area contributed by atoms with Crippen LogP contribution in [0.5, 0.6) is 0 Å². The molecule has 1 heterocycles. The lowest BCUT2D eigenvalue weighted by Gasteiger charge is -2.25. The molecule has 0 saturated heterocycles. The Kier molecular flexibility index (Phi) is 7.78. The minimum Gasteiger partial charge on any atom is -0.465 e. The summed E-state index contributed by atoms with van der Waals surface area (Å²) >= 11 is 0. The van der Waals surface area contributed by atoms with Crippen LogP contribution in [0, 0.1) is 0 Å². The van der Waals surface area contributed by atoms with Crippen LogP contribution in [-0.2, 0) is 14.3 Å². The van der Waals surface area contributed by atoms with Crippen molar-refractivity contribution in [3.63, 3.8) is 0 Å². The number of benzene rings is 3. The molecule has 2 amide bonds. The van der Waals surface area contributed by atoms with Gasteiger partial charge in [-0.2, -0.15) is 0 Å². The van der Waals surface area contributed by atoms with Crippen LogP contribution in [0.15, 0.2) is 66.7 Å². The maximum absolute atomic E-state index is 13.2. The number of carbonyl (C=O) groups excluding carboxylic acids is 3. The molecule has 0 aromatic heterocycles. The highest BCUT2D eigenvalue weighted by Crippen LogP contribution is 2.39. The first-order chi connectivity index (χ1) is 18.2. The second-order valence-corrected chi connectivity index (χ2v) is 9.19. The number of fused-ring (bicyclic) bond motifs is 1. The van der Waals surface area contributed by atoms with E-state index in [4.69, 9.17) is 10.5 Å². The highest BCUT2D eigenvalue weighted by Gasteiger charge is 2.29. The summed E-state index contributed by atoms with van der Waals surface area (Å²) < 4.78 is 4.81. The number of ether oxygens (including phenoxy) is 1. The third-order valence-electron chi connectivity index (χ3n) is 6.24. The van der Waals surface area contributed by atoms with E-state index in [9.17, 15) is 14.4 Å². The van der Waals surface area contributed by atoms with Gasteiger partial charge in [0.25, 0.3) is 5.91 Å². The van der Waals surface area contributed by atoms with E-state index in [-0.39, 0.29) is 11.8 Å². The van der Waals surface area contributed by atoms with Gasteiger partial charge < -0.3 is 30.9 Å². The van der Waals surface area contributed by atoms with Crippen molar-refractivity contribution in [3.05, 3.63) is 83.4 Å². The molecule has 0 radical (unpaired) electrons. The monoisotopic (exact) mass is 513 g/mol. The van der Waals surface area contributed by atoms with Gasteiger partial charge in [0.2, 0.25) is 5.91 Å². The maximum Gasteiger partial charge on any atom is 0.337 e. The Morgan fingerprint density at radius 1 is 0.974 bits per heavy atom. The highest BCUT2D eigenvalue weighted by molar-refractivity contribution is 6.37. The van der Waals surface area contributed by atoms with Crippen molar-refractivity contribution in [2.45, 2.75) is 6.92 Å². The largest absolute Gasteiger partial charge is 0.465 e. The summed E-state index contributed by atoms with van der Waals surface area (Å²) in [6.45, 7) is 2.71. The minimum absolute atomic E-state index is 0.100. The molecule has 0 atom stereocenters. The molecule has 1 aliphatic heterocycles. The molecule has 3 aromatic rings. The van der Waals surface area contributed by atoms with Gasteiger partial charge in [0.05, 0.1) is 41.0 Å². The molecule has 4 N–H and O–H groups in total. The van der Waals surface area contributed by atoms with Gasteiger partial charge in [0.1, 0.15) is 0 Å². The number of nitrogen functional groups attached to an aromatic ring is 1. The molecular weight excluding hydrogens is 482 g/mol. The summed E-state index contributed by atoms with van der Waals surface area (Å²) in [6.07, 6.45) is 0. The van der Waals surface area contributed by atoms with E-state index in [1.165, 1.54) is 14.0 Å². The topological polar surface area (TPSA) is 117 Å². The van der Waals surface area contributed by atoms with Gasteiger partial charge in [-0.25, -0.2) is 4.79 Å². The average Bonchev–Trinajstić information content (AvgIpc) is 3.22. The van der Waals surface area contributed by atoms with Gasteiger partial charge in [-0.15, -0.1) is 0 Å².